The van der Waals surface area contributed by atoms with Gasteiger partial charge in [-0.3, -0.25) is 0 Å². The summed E-state index contributed by atoms with van der Waals surface area (Å²) in [4.78, 5) is 0. The van der Waals surface area contributed by atoms with E-state index in [-0.39, 0.29) is 0 Å². The highest BCUT2D eigenvalue weighted by atomic mass is 14.8. The lowest BCUT2D eigenvalue weighted by Crippen LogP contribution is -2.17. The van der Waals surface area contributed by atoms with Gasteiger partial charge in [-0.1, -0.05) is 31.9 Å². The summed E-state index contributed by atoms with van der Waals surface area (Å²) in [6, 6.07) is 0. The minimum atomic E-state index is 0.940. The van der Waals surface area contributed by atoms with Gasteiger partial charge in [0.2, 0.25) is 0 Å². The number of rotatable bonds is 4. The van der Waals surface area contributed by atoms with Gasteiger partial charge in [0.1, 0.15) is 0 Å². The second-order valence-corrected chi connectivity index (χ2v) is 4.00. The maximum atomic E-state index is 3.41. The molecule has 1 N–H and O–H groups in total. The zero-order valence-electron chi connectivity index (χ0n) is 8.89. The van der Waals surface area contributed by atoms with Crippen molar-refractivity contribution in [2.75, 3.05) is 13.1 Å². The number of nitrogens with one attached hydrogen (secondary N) is 1. The van der Waals surface area contributed by atoms with E-state index >= 15 is 0 Å². The predicted molar refractivity (Wildman–Crippen MR) is 58.9 cm³/mol. The lowest BCUT2D eigenvalue weighted by Gasteiger charge is -2.16. The van der Waals surface area contributed by atoms with E-state index in [0.29, 0.717) is 0 Å². The van der Waals surface area contributed by atoms with Gasteiger partial charge in [-0.2, -0.15) is 0 Å². The van der Waals surface area contributed by atoms with Crippen LogP contribution in [0.15, 0.2) is 12.2 Å². The molecule has 1 aliphatic carbocycles. The minimum Gasteiger partial charge on any atom is -0.317 e. The van der Waals surface area contributed by atoms with Gasteiger partial charge in [0.15, 0.2) is 0 Å². The Balaban J connectivity index is 2.14. The van der Waals surface area contributed by atoms with E-state index in [4.69, 9.17) is 0 Å². The highest BCUT2D eigenvalue weighted by molar-refractivity contribution is 4.86. The van der Waals surface area contributed by atoms with Gasteiger partial charge in [0.25, 0.3) is 0 Å². The van der Waals surface area contributed by atoms with E-state index in [1.165, 1.54) is 45.1 Å². The van der Waals surface area contributed by atoms with Crippen molar-refractivity contribution in [3.05, 3.63) is 12.2 Å². The summed E-state index contributed by atoms with van der Waals surface area (Å²) in [7, 11) is 0. The first kappa shape index (κ1) is 10.8. The van der Waals surface area contributed by atoms with Gasteiger partial charge in [0, 0.05) is 0 Å². The molecule has 0 bridgehead atoms. The Morgan fingerprint density at radius 1 is 1.31 bits per heavy atom. The molecule has 13 heavy (non-hydrogen) atoms. The molecule has 1 rings (SSSR count). The molecule has 1 atom stereocenters. The van der Waals surface area contributed by atoms with E-state index in [0.717, 1.165) is 12.5 Å². The molecule has 0 fully saturated rings. The van der Waals surface area contributed by atoms with Crippen LogP contribution in [0.4, 0.5) is 0 Å². The number of allylic oxidation sites excluding steroid dienone is 2. The Morgan fingerprint density at radius 2 is 2.23 bits per heavy atom. The summed E-state index contributed by atoms with van der Waals surface area (Å²) in [5.74, 6) is 0.940. The van der Waals surface area contributed by atoms with Crippen LogP contribution in [0.5, 0.6) is 0 Å². The fraction of sp³-hybridized carbons (Fsp3) is 0.833. The molecule has 1 aliphatic rings. The lowest BCUT2D eigenvalue weighted by atomic mass is 9.92. The first-order valence-corrected chi connectivity index (χ1v) is 5.79. The largest absolute Gasteiger partial charge is 0.317 e. The Morgan fingerprint density at radius 3 is 3.08 bits per heavy atom. The highest BCUT2D eigenvalue weighted by Crippen LogP contribution is 2.20. The zero-order valence-corrected chi connectivity index (χ0v) is 8.89. The van der Waals surface area contributed by atoms with Gasteiger partial charge in [0.05, 0.1) is 0 Å². The molecular weight excluding hydrogens is 158 g/mol. The monoisotopic (exact) mass is 181 g/mol. The highest BCUT2D eigenvalue weighted by Gasteiger charge is 2.07. The van der Waals surface area contributed by atoms with Crippen LogP contribution in [0.1, 0.15) is 45.4 Å². The molecule has 0 aromatic rings. The molecule has 76 valence electrons. The van der Waals surface area contributed by atoms with Crippen molar-refractivity contribution >= 4 is 0 Å². The Labute approximate surface area is 82.6 Å². The smallest absolute Gasteiger partial charge is 0.00463 e. The van der Waals surface area contributed by atoms with Crippen LogP contribution < -0.4 is 5.32 Å². The summed E-state index contributed by atoms with van der Waals surface area (Å²) < 4.78 is 0. The van der Waals surface area contributed by atoms with Crippen LogP contribution in [0, 0.1) is 5.92 Å². The molecule has 0 aromatic carbocycles. The Kier molecular flexibility index (Phi) is 5.92. The van der Waals surface area contributed by atoms with E-state index in [1.807, 2.05) is 0 Å². The normalized spacial score (nSPS) is 26.4. The van der Waals surface area contributed by atoms with Crippen LogP contribution in [0.25, 0.3) is 0 Å². The molecule has 0 spiro atoms. The van der Waals surface area contributed by atoms with Gasteiger partial charge >= 0.3 is 0 Å². The van der Waals surface area contributed by atoms with Crippen LogP contribution in [0.2, 0.25) is 0 Å². The quantitative estimate of drug-likeness (QED) is 0.519. The molecule has 0 saturated carbocycles. The number of hydrogen-bond donors (Lipinski definition) is 1. The third kappa shape index (κ3) is 5.09. The van der Waals surface area contributed by atoms with Crippen molar-refractivity contribution < 1.29 is 0 Å². The molecule has 1 unspecified atom stereocenters. The van der Waals surface area contributed by atoms with Gasteiger partial charge in [-0.05, 0) is 44.7 Å². The molecule has 0 saturated heterocycles. The van der Waals surface area contributed by atoms with Gasteiger partial charge < -0.3 is 5.32 Å². The number of hydrogen-bond acceptors (Lipinski definition) is 1. The van der Waals surface area contributed by atoms with Crippen molar-refractivity contribution in [1.82, 2.24) is 5.32 Å². The third-order valence-corrected chi connectivity index (χ3v) is 2.85. The first-order valence-electron chi connectivity index (χ1n) is 5.79. The Bertz CT molecular complexity index is 140. The summed E-state index contributed by atoms with van der Waals surface area (Å²) in [5.41, 5.74) is 0. The van der Waals surface area contributed by atoms with Crippen LogP contribution in [-0.2, 0) is 0 Å². The van der Waals surface area contributed by atoms with E-state index in [2.05, 4.69) is 24.4 Å². The summed E-state index contributed by atoms with van der Waals surface area (Å²) >= 11 is 0. The van der Waals surface area contributed by atoms with Crippen molar-refractivity contribution in [3.8, 4) is 0 Å². The third-order valence-electron chi connectivity index (χ3n) is 2.85. The summed E-state index contributed by atoms with van der Waals surface area (Å²) in [5, 5.41) is 3.41. The molecular formula is C12H23N. The topological polar surface area (TPSA) is 12.0 Å². The summed E-state index contributed by atoms with van der Waals surface area (Å²) in [6.07, 6.45) is 13.0. The molecule has 0 radical (unpaired) electrons. The van der Waals surface area contributed by atoms with E-state index in [1.54, 1.807) is 0 Å². The van der Waals surface area contributed by atoms with E-state index in [9.17, 15) is 0 Å². The first-order chi connectivity index (χ1) is 6.43. The fourth-order valence-electron chi connectivity index (χ4n) is 1.96. The average Bonchev–Trinajstić information content (AvgIpc) is 2.08. The van der Waals surface area contributed by atoms with Crippen LogP contribution in [0.3, 0.4) is 0 Å². The standard InChI is InChI=1S/C12H23N/c1-2-13-11-10-12-8-6-4-3-5-7-9-12/h4,6,12-13H,2-3,5,7-11H2,1H3/b6-4-. The van der Waals surface area contributed by atoms with Crippen molar-refractivity contribution in [3.63, 3.8) is 0 Å². The average molecular weight is 181 g/mol. The second kappa shape index (κ2) is 7.14. The molecule has 0 heterocycles. The maximum Gasteiger partial charge on any atom is -0.00463 e. The van der Waals surface area contributed by atoms with Crippen molar-refractivity contribution in [1.29, 1.82) is 0 Å². The Hall–Kier alpha value is -0.300. The van der Waals surface area contributed by atoms with Crippen molar-refractivity contribution in [2.24, 2.45) is 5.92 Å². The molecule has 0 aliphatic heterocycles. The fourth-order valence-corrected chi connectivity index (χ4v) is 1.96. The second-order valence-electron chi connectivity index (χ2n) is 4.00. The maximum absolute atomic E-state index is 3.41. The zero-order chi connectivity index (χ0) is 9.36. The molecule has 1 heteroatoms. The predicted octanol–water partition coefficient (Wildman–Crippen LogP) is 3.12. The lowest BCUT2D eigenvalue weighted by molar-refractivity contribution is 0.418. The molecule has 0 amide bonds. The van der Waals surface area contributed by atoms with E-state index < -0.39 is 0 Å². The molecule has 1 nitrogen and oxygen atoms in total. The van der Waals surface area contributed by atoms with Gasteiger partial charge in [-0.15, -0.1) is 0 Å². The van der Waals surface area contributed by atoms with Crippen molar-refractivity contribution in [2.45, 2.75) is 45.4 Å². The minimum absolute atomic E-state index is 0.940. The SMILES string of the molecule is CCNCCC1C/C=C\CCCC1. The summed E-state index contributed by atoms with van der Waals surface area (Å²) in [6.45, 7) is 4.50. The van der Waals surface area contributed by atoms with Crippen LogP contribution >= 0.6 is 0 Å². The molecule has 0 aromatic heterocycles. The van der Waals surface area contributed by atoms with Gasteiger partial charge in [-0.25, -0.2) is 0 Å². The van der Waals surface area contributed by atoms with Crippen LogP contribution in [-0.4, -0.2) is 13.1 Å².